The summed E-state index contributed by atoms with van der Waals surface area (Å²) >= 11 is 0. The molecule has 0 aliphatic carbocycles. The van der Waals surface area contributed by atoms with Crippen molar-refractivity contribution < 1.29 is 19.1 Å². The monoisotopic (exact) mass is 375 g/mol. The van der Waals surface area contributed by atoms with Crippen molar-refractivity contribution >= 4 is 22.6 Å². The number of esters is 1. The summed E-state index contributed by atoms with van der Waals surface area (Å²) in [5.41, 5.74) is 1.09. The zero-order chi connectivity index (χ0) is 19.3. The highest BCUT2D eigenvalue weighted by molar-refractivity contribution is 5.97. The van der Waals surface area contributed by atoms with Crippen molar-refractivity contribution in [3.05, 3.63) is 83.9 Å². The van der Waals surface area contributed by atoms with Crippen molar-refractivity contribution in [1.29, 1.82) is 0 Å². The second-order valence-electron chi connectivity index (χ2n) is 6.70. The molecule has 0 aromatic heterocycles. The summed E-state index contributed by atoms with van der Waals surface area (Å²) in [5.74, 6) is -0.732. The highest BCUT2D eigenvalue weighted by Gasteiger charge is 2.30. The second-order valence-corrected chi connectivity index (χ2v) is 6.70. The fraction of sp³-hybridized carbons (Fsp3) is 0.217. The smallest absolute Gasteiger partial charge is 0.339 e. The standard InChI is InChI=1S/C23H21NO4/c25-22(24-12-14-27-15-13-24)21(18-7-2-1-3-8-18)28-23(26)20-11-10-17-6-4-5-9-19(17)16-20/h1-11,16,21H,12-15H2/t21-/m0/s1. The van der Waals surface area contributed by atoms with Crippen LogP contribution in [-0.4, -0.2) is 43.1 Å². The molecule has 1 saturated heterocycles. The fourth-order valence-corrected chi connectivity index (χ4v) is 3.33. The van der Waals surface area contributed by atoms with Gasteiger partial charge in [-0.3, -0.25) is 4.79 Å². The van der Waals surface area contributed by atoms with Crippen LogP contribution in [0.15, 0.2) is 72.8 Å². The van der Waals surface area contributed by atoms with Gasteiger partial charge in [-0.25, -0.2) is 4.79 Å². The van der Waals surface area contributed by atoms with Crippen molar-refractivity contribution in [2.75, 3.05) is 26.3 Å². The Morgan fingerprint density at radius 2 is 1.54 bits per heavy atom. The minimum absolute atomic E-state index is 0.219. The SMILES string of the molecule is O=C(O[C@H](C(=O)N1CCOCC1)c1ccccc1)c1ccc2ccccc2c1. The normalized spacial score (nSPS) is 15.2. The van der Waals surface area contributed by atoms with Gasteiger partial charge >= 0.3 is 5.97 Å². The van der Waals surface area contributed by atoms with E-state index in [4.69, 9.17) is 9.47 Å². The molecule has 0 bridgehead atoms. The number of carbonyl (C=O) groups excluding carboxylic acids is 2. The molecular weight excluding hydrogens is 354 g/mol. The van der Waals surface area contributed by atoms with Gasteiger partial charge in [0.1, 0.15) is 0 Å². The lowest BCUT2D eigenvalue weighted by Gasteiger charge is -2.30. The van der Waals surface area contributed by atoms with E-state index >= 15 is 0 Å². The molecule has 1 heterocycles. The van der Waals surface area contributed by atoms with Crippen LogP contribution in [-0.2, 0) is 14.3 Å². The maximum atomic E-state index is 13.1. The lowest BCUT2D eigenvalue weighted by molar-refractivity contribution is -0.145. The molecule has 4 rings (SSSR count). The number of hydrogen-bond donors (Lipinski definition) is 0. The van der Waals surface area contributed by atoms with E-state index < -0.39 is 12.1 Å². The molecule has 0 radical (unpaired) electrons. The molecule has 3 aromatic carbocycles. The van der Waals surface area contributed by atoms with E-state index in [1.54, 1.807) is 29.2 Å². The van der Waals surface area contributed by atoms with Crippen LogP contribution in [0.2, 0.25) is 0 Å². The third kappa shape index (κ3) is 3.89. The number of morpholine rings is 1. The first kappa shape index (κ1) is 18.2. The average molecular weight is 375 g/mol. The molecule has 0 saturated carbocycles. The number of benzene rings is 3. The van der Waals surface area contributed by atoms with Crippen LogP contribution >= 0.6 is 0 Å². The molecule has 5 nitrogen and oxygen atoms in total. The minimum atomic E-state index is -0.974. The van der Waals surface area contributed by atoms with E-state index in [9.17, 15) is 9.59 Å². The van der Waals surface area contributed by atoms with Gasteiger partial charge in [-0.05, 0) is 22.9 Å². The Hall–Kier alpha value is -3.18. The summed E-state index contributed by atoms with van der Waals surface area (Å²) < 4.78 is 11.0. The van der Waals surface area contributed by atoms with Crippen LogP contribution in [0.5, 0.6) is 0 Å². The van der Waals surface area contributed by atoms with Gasteiger partial charge in [-0.15, -0.1) is 0 Å². The van der Waals surface area contributed by atoms with Crippen molar-refractivity contribution in [2.24, 2.45) is 0 Å². The quantitative estimate of drug-likeness (QED) is 0.654. The zero-order valence-corrected chi connectivity index (χ0v) is 15.4. The van der Waals surface area contributed by atoms with E-state index in [-0.39, 0.29) is 5.91 Å². The molecule has 1 fully saturated rings. The number of carbonyl (C=O) groups is 2. The highest BCUT2D eigenvalue weighted by atomic mass is 16.5. The Morgan fingerprint density at radius 3 is 2.29 bits per heavy atom. The number of nitrogens with zero attached hydrogens (tertiary/aromatic N) is 1. The lowest BCUT2D eigenvalue weighted by Crippen LogP contribution is -2.44. The minimum Gasteiger partial charge on any atom is -0.444 e. The van der Waals surface area contributed by atoms with Gasteiger partial charge in [0, 0.05) is 18.7 Å². The summed E-state index contributed by atoms with van der Waals surface area (Å²) in [7, 11) is 0. The van der Waals surface area contributed by atoms with E-state index in [1.165, 1.54) is 0 Å². The summed E-state index contributed by atoms with van der Waals surface area (Å²) in [5, 5.41) is 2.00. The first-order chi connectivity index (χ1) is 13.7. The van der Waals surface area contributed by atoms with Gasteiger partial charge in [0.25, 0.3) is 5.91 Å². The van der Waals surface area contributed by atoms with Gasteiger partial charge < -0.3 is 14.4 Å². The van der Waals surface area contributed by atoms with E-state index in [0.29, 0.717) is 37.4 Å². The molecule has 1 amide bonds. The lowest BCUT2D eigenvalue weighted by atomic mass is 10.1. The first-order valence-corrected chi connectivity index (χ1v) is 9.33. The Kier molecular flexibility index (Phi) is 5.35. The Bertz CT molecular complexity index is 980. The molecule has 0 N–H and O–H groups in total. The van der Waals surface area contributed by atoms with E-state index in [0.717, 1.165) is 10.8 Å². The van der Waals surface area contributed by atoms with Gasteiger partial charge in [-0.2, -0.15) is 0 Å². The maximum Gasteiger partial charge on any atom is 0.339 e. The summed E-state index contributed by atoms with van der Waals surface area (Å²) in [6, 6.07) is 22.3. The number of fused-ring (bicyclic) bond motifs is 1. The number of hydrogen-bond acceptors (Lipinski definition) is 4. The summed E-state index contributed by atoms with van der Waals surface area (Å²) in [6.07, 6.45) is -0.974. The second kappa shape index (κ2) is 8.23. The topological polar surface area (TPSA) is 55.8 Å². The van der Waals surface area contributed by atoms with Crippen molar-refractivity contribution in [3.8, 4) is 0 Å². The van der Waals surface area contributed by atoms with Crippen LogP contribution in [0.4, 0.5) is 0 Å². The molecule has 28 heavy (non-hydrogen) atoms. The van der Waals surface area contributed by atoms with Crippen molar-refractivity contribution in [2.45, 2.75) is 6.10 Å². The Morgan fingerprint density at radius 1 is 0.857 bits per heavy atom. The highest BCUT2D eigenvalue weighted by Crippen LogP contribution is 2.24. The van der Waals surface area contributed by atoms with Crippen LogP contribution < -0.4 is 0 Å². The van der Waals surface area contributed by atoms with Crippen LogP contribution in [0, 0.1) is 0 Å². The average Bonchev–Trinajstić information content (AvgIpc) is 2.77. The van der Waals surface area contributed by atoms with Crippen LogP contribution in [0.3, 0.4) is 0 Å². The molecule has 1 atom stereocenters. The first-order valence-electron chi connectivity index (χ1n) is 9.33. The number of ether oxygens (including phenoxy) is 2. The van der Waals surface area contributed by atoms with Gasteiger partial charge in [0.15, 0.2) is 0 Å². The molecule has 1 aliphatic heterocycles. The van der Waals surface area contributed by atoms with Gasteiger partial charge in [-0.1, -0.05) is 60.7 Å². The van der Waals surface area contributed by atoms with Gasteiger partial charge in [0.05, 0.1) is 18.8 Å². The van der Waals surface area contributed by atoms with Crippen molar-refractivity contribution in [1.82, 2.24) is 4.90 Å². The Labute approximate surface area is 163 Å². The zero-order valence-electron chi connectivity index (χ0n) is 15.4. The molecule has 1 aliphatic rings. The van der Waals surface area contributed by atoms with Crippen LogP contribution in [0.1, 0.15) is 22.0 Å². The summed E-state index contributed by atoms with van der Waals surface area (Å²) in [6.45, 7) is 1.98. The molecule has 0 unspecified atom stereocenters. The Balaban J connectivity index is 1.60. The van der Waals surface area contributed by atoms with Gasteiger partial charge in [0.2, 0.25) is 6.10 Å². The number of amides is 1. The molecular formula is C23H21NO4. The van der Waals surface area contributed by atoms with Crippen molar-refractivity contribution in [3.63, 3.8) is 0 Å². The molecule has 142 valence electrons. The van der Waals surface area contributed by atoms with E-state index in [1.807, 2.05) is 48.5 Å². The summed E-state index contributed by atoms with van der Waals surface area (Å²) in [4.78, 5) is 27.6. The molecule has 5 heteroatoms. The predicted octanol–water partition coefficient (Wildman–Crippen LogP) is 3.60. The third-order valence-electron chi connectivity index (χ3n) is 4.86. The molecule has 0 spiro atoms. The third-order valence-corrected chi connectivity index (χ3v) is 4.86. The fourth-order valence-electron chi connectivity index (χ4n) is 3.33. The largest absolute Gasteiger partial charge is 0.444 e. The maximum absolute atomic E-state index is 13.1. The van der Waals surface area contributed by atoms with E-state index in [2.05, 4.69) is 0 Å². The molecule has 3 aromatic rings. The predicted molar refractivity (Wildman–Crippen MR) is 106 cm³/mol. The van der Waals surface area contributed by atoms with Crippen LogP contribution in [0.25, 0.3) is 10.8 Å². The number of rotatable bonds is 4.